The van der Waals surface area contributed by atoms with E-state index in [1.54, 1.807) is 13.8 Å². The molecule has 0 spiro atoms. The molecule has 1 aromatic rings. The molecule has 0 bridgehead atoms. The first-order valence-electron chi connectivity index (χ1n) is 4.62. The maximum atomic E-state index is 13.5. The first-order valence-corrected chi connectivity index (χ1v) is 4.99. The summed E-state index contributed by atoms with van der Waals surface area (Å²) in [5.41, 5.74) is 0.0710. The molecule has 82 valence electrons. The number of carboxylic acids is 1. The van der Waals surface area contributed by atoms with Crippen LogP contribution in [0.3, 0.4) is 0 Å². The van der Waals surface area contributed by atoms with Crippen LogP contribution in [0.25, 0.3) is 0 Å². The maximum absolute atomic E-state index is 13.5. The Balaban J connectivity index is 3.28. The maximum Gasteiger partial charge on any atom is 0.311 e. The number of carbonyl (C=O) groups is 1. The number of benzene rings is 1. The fourth-order valence-corrected chi connectivity index (χ4v) is 1.83. The van der Waals surface area contributed by atoms with Crippen molar-refractivity contribution in [1.29, 1.82) is 0 Å². The van der Waals surface area contributed by atoms with Crippen LogP contribution in [0, 0.1) is 11.7 Å². The number of hydrogen-bond acceptors (Lipinski definition) is 1. The second-order valence-corrected chi connectivity index (χ2v) is 4.10. The van der Waals surface area contributed by atoms with Gasteiger partial charge in [-0.15, -0.1) is 0 Å². The van der Waals surface area contributed by atoms with Crippen molar-refractivity contribution in [2.24, 2.45) is 5.92 Å². The van der Waals surface area contributed by atoms with Gasteiger partial charge in [-0.2, -0.15) is 0 Å². The lowest BCUT2D eigenvalue weighted by Gasteiger charge is -2.18. The van der Waals surface area contributed by atoms with Crippen molar-refractivity contribution < 1.29 is 14.3 Å². The number of carboxylic acid groups (broad SMARTS) is 1. The highest BCUT2D eigenvalue weighted by atomic mass is 35.5. The van der Waals surface area contributed by atoms with Gasteiger partial charge in [-0.3, -0.25) is 4.79 Å². The van der Waals surface area contributed by atoms with Crippen LogP contribution in [0.1, 0.15) is 25.3 Å². The van der Waals surface area contributed by atoms with Crippen LogP contribution in [-0.4, -0.2) is 11.1 Å². The number of hydrogen-bond donors (Lipinski definition) is 1. The monoisotopic (exact) mass is 230 g/mol. The zero-order chi connectivity index (χ0) is 11.6. The fraction of sp³-hybridized carbons (Fsp3) is 0.364. The van der Waals surface area contributed by atoms with E-state index in [1.165, 1.54) is 18.2 Å². The molecule has 0 aromatic heterocycles. The quantitative estimate of drug-likeness (QED) is 0.865. The summed E-state index contributed by atoms with van der Waals surface area (Å²) < 4.78 is 13.5. The van der Waals surface area contributed by atoms with E-state index in [2.05, 4.69) is 0 Å². The molecule has 1 unspecified atom stereocenters. The Kier molecular flexibility index (Phi) is 3.69. The summed E-state index contributed by atoms with van der Waals surface area (Å²) in [5, 5.41) is 9.18. The Labute approximate surface area is 92.7 Å². The standard InChI is InChI=1S/C11H12ClFO2/c1-6(2)9(11(14)15)10-7(12)4-3-5-8(10)13/h3-6,9H,1-2H3,(H,14,15). The third-order valence-electron chi connectivity index (χ3n) is 2.24. The Morgan fingerprint density at radius 3 is 2.47 bits per heavy atom. The molecule has 0 saturated carbocycles. The highest BCUT2D eigenvalue weighted by Gasteiger charge is 2.28. The third kappa shape index (κ3) is 2.48. The summed E-state index contributed by atoms with van der Waals surface area (Å²) in [7, 11) is 0. The summed E-state index contributed by atoms with van der Waals surface area (Å²) in [4.78, 5) is 11.0. The lowest BCUT2D eigenvalue weighted by atomic mass is 9.88. The lowest BCUT2D eigenvalue weighted by Crippen LogP contribution is -2.19. The zero-order valence-corrected chi connectivity index (χ0v) is 9.25. The van der Waals surface area contributed by atoms with E-state index >= 15 is 0 Å². The van der Waals surface area contributed by atoms with Gasteiger partial charge >= 0.3 is 5.97 Å². The summed E-state index contributed by atoms with van der Waals surface area (Å²) in [6, 6.07) is 4.18. The van der Waals surface area contributed by atoms with Crippen LogP contribution in [-0.2, 0) is 4.79 Å². The second-order valence-electron chi connectivity index (χ2n) is 3.70. The molecule has 1 N–H and O–H groups in total. The molecule has 4 heteroatoms. The minimum Gasteiger partial charge on any atom is -0.481 e. The van der Waals surface area contributed by atoms with E-state index in [0.717, 1.165) is 0 Å². The molecule has 1 atom stereocenters. The Morgan fingerprint density at radius 1 is 1.47 bits per heavy atom. The van der Waals surface area contributed by atoms with Crippen molar-refractivity contribution in [3.63, 3.8) is 0 Å². The van der Waals surface area contributed by atoms with Gasteiger partial charge in [-0.1, -0.05) is 31.5 Å². The topological polar surface area (TPSA) is 37.3 Å². The highest BCUT2D eigenvalue weighted by molar-refractivity contribution is 6.31. The van der Waals surface area contributed by atoms with E-state index in [-0.39, 0.29) is 16.5 Å². The van der Waals surface area contributed by atoms with E-state index in [9.17, 15) is 9.18 Å². The fourth-order valence-electron chi connectivity index (χ4n) is 1.55. The first kappa shape index (κ1) is 12.0. The Hall–Kier alpha value is -1.09. The van der Waals surface area contributed by atoms with Crippen LogP contribution >= 0.6 is 11.6 Å². The van der Waals surface area contributed by atoms with E-state index < -0.39 is 17.7 Å². The zero-order valence-electron chi connectivity index (χ0n) is 8.50. The molecular weight excluding hydrogens is 219 g/mol. The van der Waals surface area contributed by atoms with Gasteiger partial charge in [0.1, 0.15) is 5.82 Å². The van der Waals surface area contributed by atoms with Crippen molar-refractivity contribution in [3.05, 3.63) is 34.6 Å². The average Bonchev–Trinajstić information content (AvgIpc) is 2.09. The normalized spacial score (nSPS) is 12.9. The van der Waals surface area contributed by atoms with Crippen LogP contribution in [0.5, 0.6) is 0 Å². The van der Waals surface area contributed by atoms with Gasteiger partial charge in [0.15, 0.2) is 0 Å². The van der Waals surface area contributed by atoms with Gasteiger partial charge in [0.2, 0.25) is 0 Å². The van der Waals surface area contributed by atoms with E-state index in [1.807, 2.05) is 0 Å². The summed E-state index contributed by atoms with van der Waals surface area (Å²) in [5.74, 6) is -2.74. The second kappa shape index (κ2) is 4.62. The molecule has 1 rings (SSSR count). The molecule has 0 aliphatic heterocycles. The number of halogens is 2. The summed E-state index contributed by atoms with van der Waals surface area (Å²) in [6.07, 6.45) is 0. The SMILES string of the molecule is CC(C)C(C(=O)O)c1c(F)cccc1Cl. The van der Waals surface area contributed by atoms with Crippen LogP contribution < -0.4 is 0 Å². The van der Waals surface area contributed by atoms with Gasteiger partial charge in [-0.25, -0.2) is 4.39 Å². The largest absolute Gasteiger partial charge is 0.481 e. The molecule has 0 radical (unpaired) electrons. The van der Waals surface area contributed by atoms with Crippen LogP contribution in [0.4, 0.5) is 4.39 Å². The molecule has 0 heterocycles. The Morgan fingerprint density at radius 2 is 2.07 bits per heavy atom. The molecule has 0 aliphatic rings. The van der Waals surface area contributed by atoms with Crippen molar-refractivity contribution in [1.82, 2.24) is 0 Å². The first-order chi connectivity index (χ1) is 6.95. The lowest BCUT2D eigenvalue weighted by molar-refractivity contribution is -0.139. The van der Waals surface area contributed by atoms with Gasteiger partial charge in [0.25, 0.3) is 0 Å². The molecule has 0 saturated heterocycles. The molecular formula is C11H12ClFO2. The molecule has 0 fully saturated rings. The average molecular weight is 231 g/mol. The molecule has 0 aliphatic carbocycles. The molecule has 1 aromatic carbocycles. The summed E-state index contributed by atoms with van der Waals surface area (Å²) >= 11 is 5.81. The highest BCUT2D eigenvalue weighted by Crippen LogP contribution is 2.32. The predicted molar refractivity (Wildman–Crippen MR) is 56.6 cm³/mol. The van der Waals surface area contributed by atoms with Crippen molar-refractivity contribution in [2.75, 3.05) is 0 Å². The molecule has 15 heavy (non-hydrogen) atoms. The number of rotatable bonds is 3. The van der Waals surface area contributed by atoms with E-state index in [0.29, 0.717) is 0 Å². The minimum absolute atomic E-state index is 0.0710. The minimum atomic E-state index is -1.06. The third-order valence-corrected chi connectivity index (χ3v) is 2.57. The van der Waals surface area contributed by atoms with Crippen molar-refractivity contribution >= 4 is 17.6 Å². The Bertz CT molecular complexity index is 357. The van der Waals surface area contributed by atoms with Gasteiger partial charge in [0, 0.05) is 10.6 Å². The van der Waals surface area contributed by atoms with Crippen molar-refractivity contribution in [3.8, 4) is 0 Å². The van der Waals surface area contributed by atoms with E-state index in [4.69, 9.17) is 16.7 Å². The summed E-state index contributed by atoms with van der Waals surface area (Å²) in [6.45, 7) is 3.45. The van der Waals surface area contributed by atoms with Gasteiger partial charge < -0.3 is 5.11 Å². The van der Waals surface area contributed by atoms with Crippen LogP contribution in [0.15, 0.2) is 18.2 Å². The number of aliphatic carboxylic acids is 1. The van der Waals surface area contributed by atoms with Crippen molar-refractivity contribution in [2.45, 2.75) is 19.8 Å². The predicted octanol–water partition coefficient (Wildman–Crippen LogP) is 3.30. The molecule has 2 nitrogen and oxygen atoms in total. The van der Waals surface area contributed by atoms with Gasteiger partial charge in [-0.05, 0) is 18.1 Å². The smallest absolute Gasteiger partial charge is 0.311 e. The van der Waals surface area contributed by atoms with Gasteiger partial charge in [0.05, 0.1) is 5.92 Å². The molecule has 0 amide bonds. The van der Waals surface area contributed by atoms with Crippen LogP contribution in [0.2, 0.25) is 5.02 Å².